The predicted octanol–water partition coefficient (Wildman–Crippen LogP) is 1.58. The van der Waals surface area contributed by atoms with Gasteiger partial charge in [0.05, 0.1) is 4.92 Å². The molecule has 9 nitrogen and oxygen atoms in total. The number of rotatable bonds is 9. The molecule has 0 spiro atoms. The van der Waals surface area contributed by atoms with Crippen LogP contribution in [0.15, 0.2) is 12.1 Å². The first-order chi connectivity index (χ1) is 10.4. The summed E-state index contributed by atoms with van der Waals surface area (Å²) in [5.74, 6) is 0. The average molecular weight is 311 g/mol. The lowest BCUT2D eigenvalue weighted by Crippen LogP contribution is -2.49. The first-order valence-electron chi connectivity index (χ1n) is 7.07. The van der Waals surface area contributed by atoms with Crippen LogP contribution in [-0.4, -0.2) is 29.5 Å². The molecule has 1 rings (SSSR count). The predicted molar refractivity (Wildman–Crippen MR) is 83.2 cm³/mol. The number of nitrogens with zero attached hydrogens (tertiary/aromatic N) is 3. The third-order valence-corrected chi connectivity index (χ3v) is 2.93. The second kappa shape index (κ2) is 8.25. The van der Waals surface area contributed by atoms with Crippen LogP contribution in [0.4, 0.5) is 11.4 Å². The van der Waals surface area contributed by atoms with E-state index in [1.165, 1.54) is 11.2 Å². The number of hydrogen-bond donors (Lipinski definition) is 2. The van der Waals surface area contributed by atoms with Gasteiger partial charge in [-0.25, -0.2) is 16.0 Å². The van der Waals surface area contributed by atoms with Crippen molar-refractivity contribution in [2.75, 3.05) is 24.8 Å². The van der Waals surface area contributed by atoms with Crippen molar-refractivity contribution >= 4 is 11.4 Å². The molecule has 0 aliphatic rings. The second-order valence-electron chi connectivity index (χ2n) is 4.71. The molecule has 0 aliphatic heterocycles. The minimum absolute atomic E-state index is 0.0831. The minimum atomic E-state index is -0.473. The molecule has 0 amide bonds. The van der Waals surface area contributed by atoms with Gasteiger partial charge < -0.3 is 0 Å². The van der Waals surface area contributed by atoms with E-state index in [0.29, 0.717) is 29.9 Å². The van der Waals surface area contributed by atoms with Crippen molar-refractivity contribution in [1.82, 2.24) is 10.9 Å². The van der Waals surface area contributed by atoms with Gasteiger partial charge in [0.2, 0.25) is 6.54 Å². The lowest BCUT2D eigenvalue weighted by molar-refractivity contribution is -0.479. The Labute approximate surface area is 128 Å². The van der Waals surface area contributed by atoms with Crippen molar-refractivity contribution < 1.29 is 9.85 Å². The van der Waals surface area contributed by atoms with E-state index >= 15 is 0 Å². The van der Waals surface area contributed by atoms with Crippen molar-refractivity contribution in [2.45, 2.75) is 27.2 Å². The van der Waals surface area contributed by atoms with E-state index in [1.807, 2.05) is 13.8 Å². The number of hydrazine groups is 2. The molecule has 1 aromatic carbocycles. The molecule has 0 heterocycles. The van der Waals surface area contributed by atoms with Gasteiger partial charge in [0, 0.05) is 30.5 Å². The monoisotopic (exact) mass is 311 g/mol. The molecule has 0 unspecified atom stereocenters. The summed E-state index contributed by atoms with van der Waals surface area (Å²) in [6.07, 6.45) is 0.123. The Kier molecular flexibility index (Phi) is 6.67. The average Bonchev–Trinajstić information content (AvgIpc) is 2.44. The Morgan fingerprint density at radius 2 is 1.73 bits per heavy atom. The summed E-state index contributed by atoms with van der Waals surface area (Å²) in [6.45, 7) is 6.28. The van der Waals surface area contributed by atoms with Crippen LogP contribution in [-0.2, 0) is 6.42 Å². The van der Waals surface area contributed by atoms with Gasteiger partial charge in [-0.3, -0.25) is 20.2 Å². The molecule has 0 saturated heterocycles. The maximum absolute atomic E-state index is 11.4. The third kappa shape index (κ3) is 4.64. The number of benzene rings is 1. The quantitative estimate of drug-likeness (QED) is 0.525. The minimum Gasteiger partial charge on any atom is -0.265 e. The summed E-state index contributed by atoms with van der Waals surface area (Å²) in [4.78, 5) is 21.1. The molecule has 0 radical (unpaired) electrons. The molecular weight excluding hydrogens is 290 g/mol. The molecule has 1 aromatic rings. The highest BCUT2D eigenvalue weighted by molar-refractivity contribution is 5.68. The summed E-state index contributed by atoms with van der Waals surface area (Å²) < 4.78 is 0. The first-order valence-corrected chi connectivity index (χ1v) is 7.07. The van der Waals surface area contributed by atoms with Crippen LogP contribution >= 0.6 is 0 Å². The van der Waals surface area contributed by atoms with Gasteiger partial charge in [-0.05, 0) is 18.1 Å². The number of nitro benzene ring substituents is 1. The summed E-state index contributed by atoms with van der Waals surface area (Å²) in [7, 11) is 0. The molecule has 0 saturated carbocycles. The van der Waals surface area contributed by atoms with E-state index in [4.69, 9.17) is 0 Å². The number of nitrogens with one attached hydrogen (secondary N) is 2. The standard InChI is InChI=1S/C13H21N5O4/c1-4-14-17(15-5-2)13-11(6-7-16(19)20)8-10(3)9-12(13)18(21)22/h8-9,14-15H,4-7H2,1-3H3. The van der Waals surface area contributed by atoms with E-state index in [9.17, 15) is 20.2 Å². The third-order valence-electron chi connectivity index (χ3n) is 2.93. The highest BCUT2D eigenvalue weighted by atomic mass is 16.6. The molecule has 0 aliphatic carbocycles. The maximum atomic E-state index is 11.4. The van der Waals surface area contributed by atoms with Crippen LogP contribution in [0.3, 0.4) is 0 Å². The highest BCUT2D eigenvalue weighted by Crippen LogP contribution is 2.32. The highest BCUT2D eigenvalue weighted by Gasteiger charge is 2.24. The zero-order valence-electron chi connectivity index (χ0n) is 13.0. The fourth-order valence-corrected chi connectivity index (χ4v) is 2.16. The summed E-state index contributed by atoms with van der Waals surface area (Å²) >= 11 is 0. The van der Waals surface area contributed by atoms with E-state index in [2.05, 4.69) is 10.9 Å². The van der Waals surface area contributed by atoms with Crippen LogP contribution in [0.5, 0.6) is 0 Å². The maximum Gasteiger partial charge on any atom is 0.296 e. The normalized spacial score (nSPS) is 10.5. The van der Waals surface area contributed by atoms with E-state index in [0.717, 1.165) is 0 Å². The van der Waals surface area contributed by atoms with Gasteiger partial charge in [-0.2, -0.15) is 0 Å². The summed E-state index contributed by atoms with van der Waals surface area (Å²) in [5.41, 5.74) is 7.47. The van der Waals surface area contributed by atoms with Crippen molar-refractivity contribution in [3.63, 3.8) is 0 Å². The smallest absolute Gasteiger partial charge is 0.265 e. The molecule has 122 valence electrons. The molecule has 0 aromatic heterocycles. The van der Waals surface area contributed by atoms with Crippen LogP contribution in [0, 0.1) is 27.2 Å². The van der Waals surface area contributed by atoms with Crippen molar-refractivity contribution in [1.29, 1.82) is 0 Å². The van der Waals surface area contributed by atoms with Crippen molar-refractivity contribution in [2.24, 2.45) is 0 Å². The molecule has 0 bridgehead atoms. The zero-order chi connectivity index (χ0) is 16.7. The fraction of sp³-hybridized carbons (Fsp3) is 0.538. The van der Waals surface area contributed by atoms with Gasteiger partial charge in [-0.15, -0.1) is 0 Å². The SMILES string of the molecule is CCNN(NCC)c1c(CC[N+](=O)[O-])cc(C)cc1[N+](=O)[O-]. The first kappa shape index (κ1) is 17.8. The van der Waals surface area contributed by atoms with E-state index in [1.54, 1.807) is 13.0 Å². The van der Waals surface area contributed by atoms with Gasteiger partial charge in [0.1, 0.15) is 0 Å². The van der Waals surface area contributed by atoms with Crippen LogP contribution in [0.1, 0.15) is 25.0 Å². The number of nitro groups is 2. The Morgan fingerprint density at radius 1 is 1.14 bits per heavy atom. The van der Waals surface area contributed by atoms with Gasteiger partial charge >= 0.3 is 0 Å². The van der Waals surface area contributed by atoms with Crippen LogP contribution in [0.2, 0.25) is 0 Å². The molecule has 2 N–H and O–H groups in total. The second-order valence-corrected chi connectivity index (χ2v) is 4.71. The molecule has 22 heavy (non-hydrogen) atoms. The zero-order valence-corrected chi connectivity index (χ0v) is 13.0. The van der Waals surface area contributed by atoms with Gasteiger partial charge in [0.25, 0.3) is 5.69 Å². The van der Waals surface area contributed by atoms with Crippen molar-refractivity contribution in [3.8, 4) is 0 Å². The molecular formula is C13H21N5O4. The number of aryl methyl sites for hydroxylation is 1. The van der Waals surface area contributed by atoms with E-state index in [-0.39, 0.29) is 18.7 Å². The molecule has 0 fully saturated rings. The van der Waals surface area contributed by atoms with E-state index < -0.39 is 9.85 Å². The Morgan fingerprint density at radius 3 is 2.18 bits per heavy atom. The topological polar surface area (TPSA) is 114 Å². The molecule has 0 atom stereocenters. The van der Waals surface area contributed by atoms with Gasteiger partial charge in [0.15, 0.2) is 5.69 Å². The number of anilines is 1. The van der Waals surface area contributed by atoms with Crippen LogP contribution < -0.4 is 16.0 Å². The number of hydrogen-bond acceptors (Lipinski definition) is 7. The lowest BCUT2D eigenvalue weighted by atomic mass is 10.0. The Bertz CT molecular complexity index is 543. The summed E-state index contributed by atoms with van der Waals surface area (Å²) in [5, 5.41) is 23.5. The Hall–Kier alpha value is -2.26. The lowest BCUT2D eigenvalue weighted by Gasteiger charge is -2.26. The molecule has 9 heteroatoms. The van der Waals surface area contributed by atoms with Gasteiger partial charge in [-0.1, -0.05) is 19.9 Å². The Balaban J connectivity index is 3.38. The van der Waals surface area contributed by atoms with Crippen LogP contribution in [0.25, 0.3) is 0 Å². The largest absolute Gasteiger partial charge is 0.296 e. The summed E-state index contributed by atoms with van der Waals surface area (Å²) in [6, 6.07) is 3.21. The fourth-order valence-electron chi connectivity index (χ4n) is 2.16. The van der Waals surface area contributed by atoms with Crippen molar-refractivity contribution in [3.05, 3.63) is 43.5 Å².